The molecule has 0 unspecified atom stereocenters. The van der Waals surface area contributed by atoms with Crippen LogP contribution in [0.5, 0.6) is 0 Å². The lowest BCUT2D eigenvalue weighted by molar-refractivity contribution is 0.424. The van der Waals surface area contributed by atoms with Crippen molar-refractivity contribution >= 4 is 11.0 Å². The van der Waals surface area contributed by atoms with Gasteiger partial charge in [0.2, 0.25) is 0 Å². The van der Waals surface area contributed by atoms with Crippen LogP contribution in [0.2, 0.25) is 0 Å². The summed E-state index contributed by atoms with van der Waals surface area (Å²) in [5.74, 6) is 0.715. The summed E-state index contributed by atoms with van der Waals surface area (Å²) in [7, 11) is 0. The smallest absolute Gasteiger partial charge is 0.140 e. The molecule has 2 heterocycles. The largest absolute Gasteiger partial charge is 0.332 e. The summed E-state index contributed by atoms with van der Waals surface area (Å²) in [6.07, 6.45) is 5.33. The molecule has 0 saturated heterocycles. The summed E-state index contributed by atoms with van der Waals surface area (Å²) in [6, 6.07) is 4.20. The summed E-state index contributed by atoms with van der Waals surface area (Å²) >= 11 is 0. The Morgan fingerprint density at radius 3 is 2.70 bits per heavy atom. The second-order valence-electron chi connectivity index (χ2n) is 7.01. The molecule has 0 aromatic carbocycles. The molecule has 0 bridgehead atoms. The van der Waals surface area contributed by atoms with Crippen molar-refractivity contribution in [1.29, 1.82) is 0 Å². The fourth-order valence-corrected chi connectivity index (χ4v) is 2.26. The first-order chi connectivity index (χ1) is 9.37. The lowest BCUT2D eigenvalue weighted by Gasteiger charge is -2.20. The number of aromatic nitrogens is 2. The number of fused-ring (bicyclic) bond motifs is 1. The van der Waals surface area contributed by atoms with Crippen molar-refractivity contribution in [3.8, 4) is 0 Å². The van der Waals surface area contributed by atoms with Crippen LogP contribution < -0.4 is 5.32 Å². The van der Waals surface area contributed by atoms with E-state index >= 15 is 0 Å². The average Bonchev–Trinajstić information content (AvgIpc) is 2.71. The van der Waals surface area contributed by atoms with Gasteiger partial charge in [-0.2, -0.15) is 0 Å². The van der Waals surface area contributed by atoms with Crippen LogP contribution >= 0.6 is 0 Å². The highest BCUT2D eigenvalue weighted by molar-refractivity contribution is 5.80. The molecule has 0 aliphatic rings. The van der Waals surface area contributed by atoms with Crippen LogP contribution in [-0.4, -0.2) is 15.1 Å². The van der Waals surface area contributed by atoms with Crippen molar-refractivity contribution in [1.82, 2.24) is 14.9 Å². The van der Waals surface area contributed by atoms with E-state index in [9.17, 15) is 0 Å². The molecule has 0 saturated carbocycles. The predicted molar refractivity (Wildman–Crippen MR) is 85.8 cm³/mol. The molecule has 2 rings (SSSR count). The van der Waals surface area contributed by atoms with E-state index in [1.807, 2.05) is 12.3 Å². The van der Waals surface area contributed by atoms with Gasteiger partial charge in [0, 0.05) is 36.4 Å². The number of hydrogen-bond acceptors (Lipinski definition) is 2. The van der Waals surface area contributed by atoms with E-state index in [2.05, 4.69) is 61.7 Å². The zero-order chi connectivity index (χ0) is 14.8. The molecular weight excluding hydrogens is 246 g/mol. The van der Waals surface area contributed by atoms with Crippen molar-refractivity contribution in [3.63, 3.8) is 0 Å². The SMILES string of the molecule is CC(C)CCn1cc(CNC(C)(C)C)c2cccnc21. The quantitative estimate of drug-likeness (QED) is 0.893. The van der Waals surface area contributed by atoms with Gasteiger partial charge in [-0.1, -0.05) is 13.8 Å². The van der Waals surface area contributed by atoms with Gasteiger partial charge in [-0.3, -0.25) is 0 Å². The fraction of sp³-hybridized carbons (Fsp3) is 0.588. The maximum atomic E-state index is 4.56. The second-order valence-corrected chi connectivity index (χ2v) is 7.01. The Kier molecular flexibility index (Phi) is 4.48. The molecule has 0 fully saturated rings. The highest BCUT2D eigenvalue weighted by atomic mass is 15.0. The summed E-state index contributed by atoms with van der Waals surface area (Å²) in [5.41, 5.74) is 2.58. The Labute approximate surface area is 122 Å². The number of nitrogens with one attached hydrogen (secondary N) is 1. The van der Waals surface area contributed by atoms with E-state index in [0.29, 0.717) is 5.92 Å². The molecule has 3 nitrogen and oxygen atoms in total. The fourth-order valence-electron chi connectivity index (χ4n) is 2.26. The number of rotatable bonds is 5. The Bertz CT molecular complexity index is 561. The molecule has 2 aromatic heterocycles. The zero-order valence-electron chi connectivity index (χ0n) is 13.4. The van der Waals surface area contributed by atoms with Crippen LogP contribution in [0, 0.1) is 5.92 Å². The molecule has 0 spiro atoms. The predicted octanol–water partition coefficient (Wildman–Crippen LogP) is 3.97. The van der Waals surface area contributed by atoms with Gasteiger partial charge >= 0.3 is 0 Å². The Morgan fingerprint density at radius 2 is 2.05 bits per heavy atom. The average molecular weight is 273 g/mol. The van der Waals surface area contributed by atoms with E-state index in [4.69, 9.17) is 0 Å². The Morgan fingerprint density at radius 1 is 1.30 bits per heavy atom. The van der Waals surface area contributed by atoms with E-state index in [1.165, 1.54) is 17.4 Å². The van der Waals surface area contributed by atoms with Gasteiger partial charge in [0.25, 0.3) is 0 Å². The maximum absolute atomic E-state index is 4.56. The molecular formula is C17H27N3. The first-order valence-corrected chi connectivity index (χ1v) is 7.54. The van der Waals surface area contributed by atoms with Crippen LogP contribution in [0.15, 0.2) is 24.5 Å². The maximum Gasteiger partial charge on any atom is 0.140 e. The van der Waals surface area contributed by atoms with Crippen molar-refractivity contribution < 1.29 is 0 Å². The summed E-state index contributed by atoms with van der Waals surface area (Å²) in [5, 5.41) is 4.84. The van der Waals surface area contributed by atoms with Gasteiger partial charge in [-0.05, 0) is 50.8 Å². The number of pyridine rings is 1. The lowest BCUT2D eigenvalue weighted by atomic mass is 10.1. The monoisotopic (exact) mass is 273 g/mol. The van der Waals surface area contributed by atoms with Crippen molar-refractivity contribution in [3.05, 3.63) is 30.1 Å². The Hall–Kier alpha value is -1.35. The van der Waals surface area contributed by atoms with E-state index in [0.717, 1.165) is 18.7 Å². The highest BCUT2D eigenvalue weighted by Crippen LogP contribution is 2.21. The first-order valence-electron chi connectivity index (χ1n) is 7.54. The first kappa shape index (κ1) is 15.0. The number of aryl methyl sites for hydroxylation is 1. The van der Waals surface area contributed by atoms with E-state index < -0.39 is 0 Å². The normalized spacial score (nSPS) is 12.5. The number of nitrogens with zero attached hydrogens (tertiary/aromatic N) is 2. The summed E-state index contributed by atoms with van der Waals surface area (Å²) in [6.45, 7) is 13.1. The van der Waals surface area contributed by atoms with Crippen LogP contribution in [0.4, 0.5) is 0 Å². The molecule has 0 aliphatic heterocycles. The van der Waals surface area contributed by atoms with Gasteiger partial charge in [-0.15, -0.1) is 0 Å². The zero-order valence-corrected chi connectivity index (χ0v) is 13.4. The highest BCUT2D eigenvalue weighted by Gasteiger charge is 2.13. The minimum absolute atomic E-state index is 0.133. The molecule has 20 heavy (non-hydrogen) atoms. The minimum atomic E-state index is 0.133. The van der Waals surface area contributed by atoms with E-state index in [-0.39, 0.29) is 5.54 Å². The molecule has 0 aliphatic carbocycles. The molecule has 2 aromatic rings. The number of hydrogen-bond donors (Lipinski definition) is 1. The second kappa shape index (κ2) is 5.96. The third-order valence-electron chi connectivity index (χ3n) is 3.47. The van der Waals surface area contributed by atoms with Crippen molar-refractivity contribution in [2.45, 2.75) is 59.7 Å². The minimum Gasteiger partial charge on any atom is -0.332 e. The summed E-state index contributed by atoms with van der Waals surface area (Å²) < 4.78 is 2.30. The van der Waals surface area contributed by atoms with Crippen LogP contribution in [0.25, 0.3) is 11.0 Å². The molecule has 110 valence electrons. The van der Waals surface area contributed by atoms with Gasteiger partial charge in [0.1, 0.15) is 5.65 Å². The van der Waals surface area contributed by atoms with Gasteiger partial charge in [0.15, 0.2) is 0 Å². The van der Waals surface area contributed by atoms with Crippen molar-refractivity contribution in [2.75, 3.05) is 0 Å². The summed E-state index contributed by atoms with van der Waals surface area (Å²) in [4.78, 5) is 4.56. The van der Waals surface area contributed by atoms with Gasteiger partial charge in [-0.25, -0.2) is 4.98 Å². The van der Waals surface area contributed by atoms with Crippen molar-refractivity contribution in [2.24, 2.45) is 5.92 Å². The third kappa shape index (κ3) is 3.83. The van der Waals surface area contributed by atoms with Crippen LogP contribution in [0.1, 0.15) is 46.6 Å². The third-order valence-corrected chi connectivity index (χ3v) is 3.47. The molecule has 3 heteroatoms. The molecule has 0 atom stereocenters. The molecule has 0 radical (unpaired) electrons. The van der Waals surface area contributed by atoms with Crippen LogP contribution in [-0.2, 0) is 13.1 Å². The van der Waals surface area contributed by atoms with E-state index in [1.54, 1.807) is 0 Å². The van der Waals surface area contributed by atoms with Crippen LogP contribution in [0.3, 0.4) is 0 Å². The standard InChI is InChI=1S/C17H27N3/c1-13(2)8-10-20-12-14(11-19-17(3,4)5)15-7-6-9-18-16(15)20/h6-7,9,12-13,19H,8,10-11H2,1-5H3. The van der Waals surface area contributed by atoms with Gasteiger partial charge in [0.05, 0.1) is 0 Å². The molecule has 0 amide bonds. The molecule has 1 N–H and O–H groups in total. The Balaban J connectivity index is 2.26. The lowest BCUT2D eigenvalue weighted by Crippen LogP contribution is -2.34. The topological polar surface area (TPSA) is 29.9 Å². The van der Waals surface area contributed by atoms with Gasteiger partial charge < -0.3 is 9.88 Å².